The van der Waals surface area contributed by atoms with Crippen LogP contribution < -0.4 is 17.7 Å². The molecular formula is C21H26ClN3O2. The second-order valence-electron chi connectivity index (χ2n) is 7.39. The zero-order valence-corrected chi connectivity index (χ0v) is 16.1. The van der Waals surface area contributed by atoms with E-state index in [0.29, 0.717) is 24.6 Å². The summed E-state index contributed by atoms with van der Waals surface area (Å²) in [7, 11) is 0. The van der Waals surface area contributed by atoms with E-state index in [9.17, 15) is 4.79 Å². The van der Waals surface area contributed by atoms with Crippen molar-refractivity contribution in [3.63, 3.8) is 0 Å². The summed E-state index contributed by atoms with van der Waals surface area (Å²) in [6.45, 7) is 1.43. The van der Waals surface area contributed by atoms with E-state index >= 15 is 0 Å². The lowest BCUT2D eigenvalue weighted by molar-refractivity contribution is -0.579. The number of pyridine rings is 1. The van der Waals surface area contributed by atoms with Gasteiger partial charge in [0.25, 0.3) is 0 Å². The van der Waals surface area contributed by atoms with Gasteiger partial charge in [-0.25, -0.2) is 4.79 Å². The van der Waals surface area contributed by atoms with Crippen molar-refractivity contribution in [2.45, 2.75) is 44.4 Å². The zero-order chi connectivity index (χ0) is 17.8. The Kier molecular flexibility index (Phi) is 6.69. The Hall–Kier alpha value is -2.11. The number of carbonyl (C=O) groups is 1. The van der Waals surface area contributed by atoms with Gasteiger partial charge >= 0.3 is 6.09 Å². The van der Waals surface area contributed by atoms with Gasteiger partial charge in [-0.15, -0.1) is 0 Å². The van der Waals surface area contributed by atoms with Crippen LogP contribution >= 0.6 is 0 Å². The standard InChI is InChI=1S/C21H25N3O2.ClH/c25-21(26-15-16-4-2-1-3-5-16)24-19-6-7-20(24)13-17(12-19)14-23-18-8-10-22-11-9-18;/h1-5,8-11,17,19-20H,6-7,12-15H2,(H,22,23);1H. The van der Waals surface area contributed by atoms with Gasteiger partial charge in [-0.2, -0.15) is 0 Å². The molecule has 0 radical (unpaired) electrons. The number of quaternary nitrogens is 1. The lowest BCUT2D eigenvalue weighted by Crippen LogP contribution is -3.00. The molecule has 2 bridgehead atoms. The fourth-order valence-corrected chi connectivity index (χ4v) is 4.38. The Labute approximate surface area is 166 Å². The molecule has 1 aromatic heterocycles. The number of fused-ring (bicyclic) bond motifs is 2. The van der Waals surface area contributed by atoms with Crippen LogP contribution in [0.4, 0.5) is 10.5 Å². The average molecular weight is 388 g/mol. The van der Waals surface area contributed by atoms with Crippen LogP contribution in [0.5, 0.6) is 0 Å². The normalized spacial score (nSPS) is 23.6. The first-order chi connectivity index (χ1) is 12.8. The summed E-state index contributed by atoms with van der Waals surface area (Å²) < 4.78 is 5.59. The van der Waals surface area contributed by atoms with Gasteiger partial charge in [0.15, 0.2) is 0 Å². The minimum Gasteiger partial charge on any atom is -1.00 e. The molecule has 27 heavy (non-hydrogen) atoms. The molecular weight excluding hydrogens is 362 g/mol. The fraction of sp³-hybridized carbons (Fsp3) is 0.429. The molecule has 6 heteroatoms. The van der Waals surface area contributed by atoms with Crippen LogP contribution in [0.3, 0.4) is 0 Å². The number of benzene rings is 1. The molecule has 1 amide bonds. The number of rotatable bonds is 5. The summed E-state index contributed by atoms with van der Waals surface area (Å²) in [6, 6.07) is 14.7. The van der Waals surface area contributed by atoms with Gasteiger partial charge in [0.2, 0.25) is 0 Å². The highest BCUT2D eigenvalue weighted by atomic mass is 35.5. The summed E-state index contributed by atoms with van der Waals surface area (Å²) in [5.74, 6) is 0.652. The van der Waals surface area contributed by atoms with E-state index in [2.05, 4.69) is 10.3 Å². The second kappa shape index (κ2) is 9.20. The molecule has 2 fully saturated rings. The van der Waals surface area contributed by atoms with E-state index in [4.69, 9.17) is 4.74 Å². The molecule has 144 valence electrons. The molecule has 0 aliphatic carbocycles. The van der Waals surface area contributed by atoms with Crippen molar-refractivity contribution in [2.24, 2.45) is 5.92 Å². The number of piperidine rings is 1. The largest absolute Gasteiger partial charge is 1.00 e. The van der Waals surface area contributed by atoms with Gasteiger partial charge in [0.05, 0.1) is 6.54 Å². The quantitative estimate of drug-likeness (QED) is 0.777. The number of aromatic nitrogens is 1. The van der Waals surface area contributed by atoms with Crippen molar-refractivity contribution in [3.8, 4) is 0 Å². The number of nitrogens with zero attached hydrogens (tertiary/aromatic N) is 2. The molecule has 0 spiro atoms. The predicted octanol–water partition coefficient (Wildman–Crippen LogP) is -0.140. The van der Waals surface area contributed by atoms with Crippen molar-refractivity contribution < 1.29 is 27.3 Å². The maximum absolute atomic E-state index is 12.6. The third-order valence-electron chi connectivity index (χ3n) is 5.64. The first-order valence-corrected chi connectivity index (χ1v) is 9.52. The van der Waals surface area contributed by atoms with Gasteiger partial charge in [-0.05, 0) is 31.2 Å². The van der Waals surface area contributed by atoms with Gasteiger partial charge in [-0.1, -0.05) is 30.3 Å². The highest BCUT2D eigenvalue weighted by molar-refractivity contribution is 5.69. The van der Waals surface area contributed by atoms with Crippen LogP contribution in [0.15, 0.2) is 54.9 Å². The van der Waals surface area contributed by atoms with Crippen molar-refractivity contribution in [2.75, 3.05) is 6.54 Å². The molecule has 2 N–H and O–H groups in total. The molecule has 4 rings (SSSR count). The highest BCUT2D eigenvalue weighted by Crippen LogP contribution is 2.38. The summed E-state index contributed by atoms with van der Waals surface area (Å²) >= 11 is 0. The Morgan fingerprint density at radius 1 is 1.07 bits per heavy atom. The minimum atomic E-state index is -0.141. The molecule has 5 nitrogen and oxygen atoms in total. The van der Waals surface area contributed by atoms with E-state index in [1.165, 1.54) is 5.69 Å². The van der Waals surface area contributed by atoms with Crippen molar-refractivity contribution >= 4 is 11.8 Å². The van der Waals surface area contributed by atoms with Crippen molar-refractivity contribution in [3.05, 3.63) is 60.4 Å². The number of hydrogen-bond acceptors (Lipinski definition) is 3. The van der Waals surface area contributed by atoms with Gasteiger partial charge in [0.1, 0.15) is 12.3 Å². The van der Waals surface area contributed by atoms with Crippen LogP contribution in [0.25, 0.3) is 0 Å². The SMILES string of the molecule is O=C(OCc1ccccc1)N1C2CCC1CC(C[NH2+]c1ccncc1)C2.[Cl-]. The Balaban J connectivity index is 0.00000210. The smallest absolute Gasteiger partial charge is 0.410 e. The summed E-state index contributed by atoms with van der Waals surface area (Å²) in [5.41, 5.74) is 2.27. The molecule has 2 aliphatic rings. The molecule has 2 saturated heterocycles. The summed E-state index contributed by atoms with van der Waals surface area (Å²) in [6.07, 6.45) is 7.91. The molecule has 2 aliphatic heterocycles. The first-order valence-electron chi connectivity index (χ1n) is 9.52. The molecule has 0 saturated carbocycles. The number of carbonyl (C=O) groups excluding carboxylic acids is 1. The third-order valence-corrected chi connectivity index (χ3v) is 5.64. The van der Waals surface area contributed by atoms with E-state index in [1.54, 1.807) is 0 Å². The van der Waals surface area contributed by atoms with Gasteiger partial charge < -0.3 is 27.4 Å². The molecule has 3 heterocycles. The highest BCUT2D eigenvalue weighted by Gasteiger charge is 2.44. The minimum absolute atomic E-state index is 0. The first kappa shape index (κ1) is 19.6. The van der Waals surface area contributed by atoms with E-state index in [0.717, 1.165) is 37.8 Å². The molecule has 2 aromatic rings. The number of halogens is 1. The van der Waals surface area contributed by atoms with Crippen molar-refractivity contribution in [1.82, 2.24) is 9.88 Å². The Bertz CT molecular complexity index is 715. The summed E-state index contributed by atoms with van der Waals surface area (Å²) in [4.78, 5) is 18.7. The molecule has 2 atom stereocenters. The Morgan fingerprint density at radius 3 is 2.41 bits per heavy atom. The van der Waals surface area contributed by atoms with Crippen LogP contribution in [-0.4, -0.2) is 34.6 Å². The van der Waals surface area contributed by atoms with Crippen LogP contribution in [0.1, 0.15) is 31.2 Å². The number of ether oxygens (including phenoxy) is 1. The second-order valence-corrected chi connectivity index (χ2v) is 7.39. The van der Waals surface area contributed by atoms with Crippen LogP contribution in [0, 0.1) is 5.92 Å². The van der Waals surface area contributed by atoms with Gasteiger partial charge in [-0.3, -0.25) is 4.98 Å². The summed E-state index contributed by atoms with van der Waals surface area (Å²) in [5, 5.41) is 2.30. The van der Waals surface area contributed by atoms with Gasteiger partial charge in [0, 0.05) is 42.5 Å². The van der Waals surface area contributed by atoms with Crippen molar-refractivity contribution in [1.29, 1.82) is 0 Å². The van der Waals surface area contributed by atoms with Crippen LogP contribution in [-0.2, 0) is 11.3 Å². The predicted molar refractivity (Wildman–Crippen MR) is 98.7 cm³/mol. The topological polar surface area (TPSA) is 59.0 Å². The van der Waals surface area contributed by atoms with E-state index in [-0.39, 0.29) is 18.5 Å². The average Bonchev–Trinajstić information content (AvgIpc) is 2.96. The molecule has 2 unspecified atom stereocenters. The third kappa shape index (κ3) is 4.79. The molecule has 1 aromatic carbocycles. The number of nitrogens with two attached hydrogens (primary N) is 1. The number of hydrogen-bond donors (Lipinski definition) is 1. The zero-order valence-electron chi connectivity index (χ0n) is 15.3. The lowest BCUT2D eigenvalue weighted by Gasteiger charge is -2.37. The van der Waals surface area contributed by atoms with E-state index in [1.807, 2.05) is 59.8 Å². The maximum atomic E-state index is 12.6. The number of amides is 1. The Morgan fingerprint density at radius 2 is 1.74 bits per heavy atom. The maximum Gasteiger partial charge on any atom is 0.410 e. The monoisotopic (exact) mass is 387 g/mol. The lowest BCUT2D eigenvalue weighted by atomic mass is 9.91. The van der Waals surface area contributed by atoms with Crippen LogP contribution in [0.2, 0.25) is 0 Å². The van der Waals surface area contributed by atoms with E-state index < -0.39 is 0 Å². The fourth-order valence-electron chi connectivity index (χ4n) is 4.38.